The van der Waals surface area contributed by atoms with Crippen molar-refractivity contribution in [3.8, 4) is 0 Å². The number of rotatable bonds is 6. The molecule has 0 aromatic heterocycles. The van der Waals surface area contributed by atoms with Crippen LogP contribution in [0.4, 0.5) is 0 Å². The topological polar surface area (TPSA) is 80.5 Å². The third kappa shape index (κ3) is 3.45. The zero-order valence-electron chi connectivity index (χ0n) is 9.68. The Bertz CT molecular complexity index is 334. The van der Waals surface area contributed by atoms with Gasteiger partial charge in [-0.15, -0.1) is 0 Å². The Morgan fingerprint density at radius 3 is 2.38 bits per heavy atom. The van der Waals surface area contributed by atoms with E-state index in [0.717, 1.165) is 25.7 Å². The lowest BCUT2D eigenvalue weighted by Gasteiger charge is -2.26. The Labute approximate surface area is 97.0 Å². The fourth-order valence-electron chi connectivity index (χ4n) is 2.18. The van der Waals surface area contributed by atoms with E-state index < -0.39 is 15.9 Å². The molecule has 6 heteroatoms. The third-order valence-corrected chi connectivity index (χ3v) is 4.93. The van der Waals surface area contributed by atoms with Gasteiger partial charge in [0.15, 0.2) is 0 Å². The fourth-order valence-corrected chi connectivity index (χ4v) is 3.92. The second kappa shape index (κ2) is 5.63. The number of primary amides is 1. The van der Waals surface area contributed by atoms with Crippen molar-refractivity contribution in [3.63, 3.8) is 0 Å². The monoisotopic (exact) mass is 248 g/mol. The summed E-state index contributed by atoms with van der Waals surface area (Å²) >= 11 is 0. The summed E-state index contributed by atoms with van der Waals surface area (Å²) in [6.07, 6.45) is 4.31. The number of hydrogen-bond donors (Lipinski definition) is 1. The number of carbonyl (C=O) groups excluding carboxylic acids is 1. The second-order valence-corrected chi connectivity index (χ2v) is 6.31. The van der Waals surface area contributed by atoms with E-state index in [4.69, 9.17) is 5.73 Å². The molecule has 0 unspecified atom stereocenters. The van der Waals surface area contributed by atoms with Crippen LogP contribution in [0.5, 0.6) is 0 Å². The van der Waals surface area contributed by atoms with Crippen LogP contribution in [0.2, 0.25) is 0 Å². The summed E-state index contributed by atoms with van der Waals surface area (Å²) in [6, 6.07) is -0.0240. The summed E-state index contributed by atoms with van der Waals surface area (Å²) < 4.78 is 25.3. The minimum absolute atomic E-state index is 0.0240. The van der Waals surface area contributed by atoms with Crippen LogP contribution < -0.4 is 5.73 Å². The van der Waals surface area contributed by atoms with Gasteiger partial charge in [0.05, 0.1) is 12.3 Å². The fraction of sp³-hybridized carbons (Fsp3) is 0.900. The van der Waals surface area contributed by atoms with E-state index in [-0.39, 0.29) is 18.3 Å². The Morgan fingerprint density at radius 2 is 1.94 bits per heavy atom. The van der Waals surface area contributed by atoms with Crippen molar-refractivity contribution in [2.24, 2.45) is 5.73 Å². The van der Waals surface area contributed by atoms with Gasteiger partial charge in [-0.1, -0.05) is 19.8 Å². The van der Waals surface area contributed by atoms with E-state index >= 15 is 0 Å². The Balaban J connectivity index is 2.81. The molecule has 16 heavy (non-hydrogen) atoms. The van der Waals surface area contributed by atoms with Crippen molar-refractivity contribution in [3.05, 3.63) is 0 Å². The predicted molar refractivity (Wildman–Crippen MR) is 62.2 cm³/mol. The van der Waals surface area contributed by atoms with Gasteiger partial charge in [-0.2, -0.15) is 4.31 Å². The molecule has 0 heterocycles. The molecule has 94 valence electrons. The molecule has 1 rings (SSSR count). The molecule has 1 saturated carbocycles. The van der Waals surface area contributed by atoms with Gasteiger partial charge in [0.2, 0.25) is 15.9 Å². The highest BCUT2D eigenvalue weighted by Crippen LogP contribution is 2.25. The van der Waals surface area contributed by atoms with Crippen LogP contribution in [0, 0.1) is 0 Å². The first-order valence-electron chi connectivity index (χ1n) is 5.75. The minimum atomic E-state index is -3.32. The van der Waals surface area contributed by atoms with Gasteiger partial charge >= 0.3 is 0 Å². The zero-order valence-corrected chi connectivity index (χ0v) is 10.5. The van der Waals surface area contributed by atoms with Gasteiger partial charge in [0, 0.05) is 6.04 Å². The molecule has 2 N–H and O–H groups in total. The van der Waals surface area contributed by atoms with Crippen molar-refractivity contribution in [2.75, 3.05) is 12.3 Å². The molecule has 1 aliphatic carbocycles. The molecular weight excluding hydrogens is 228 g/mol. The van der Waals surface area contributed by atoms with Crippen molar-refractivity contribution in [1.29, 1.82) is 0 Å². The lowest BCUT2D eigenvalue weighted by Crippen LogP contribution is -2.45. The molecule has 0 atom stereocenters. The van der Waals surface area contributed by atoms with Gasteiger partial charge in [-0.05, 0) is 19.3 Å². The first-order chi connectivity index (χ1) is 7.47. The number of carbonyl (C=O) groups is 1. The average molecular weight is 248 g/mol. The quantitative estimate of drug-likeness (QED) is 0.741. The number of hydrogen-bond acceptors (Lipinski definition) is 3. The summed E-state index contributed by atoms with van der Waals surface area (Å²) in [5, 5.41) is 0. The maximum atomic E-state index is 12.0. The molecular formula is C10H20N2O3S. The van der Waals surface area contributed by atoms with Gasteiger partial charge < -0.3 is 5.73 Å². The molecule has 5 nitrogen and oxygen atoms in total. The molecule has 0 bridgehead atoms. The van der Waals surface area contributed by atoms with Crippen molar-refractivity contribution in [2.45, 2.75) is 45.1 Å². The number of nitrogens with zero attached hydrogens (tertiary/aromatic N) is 1. The van der Waals surface area contributed by atoms with E-state index in [0.29, 0.717) is 6.42 Å². The number of amides is 1. The SMILES string of the molecule is CCCS(=O)(=O)N(CC(N)=O)C1CCCC1. The standard InChI is InChI=1S/C10H20N2O3S/c1-2-7-16(14,15)12(8-10(11)13)9-5-3-4-6-9/h9H,2-8H2,1H3,(H2,11,13). The number of sulfonamides is 1. The van der Waals surface area contributed by atoms with Crippen LogP contribution in [-0.2, 0) is 14.8 Å². The highest BCUT2D eigenvalue weighted by Gasteiger charge is 2.32. The van der Waals surface area contributed by atoms with Gasteiger partial charge in [-0.25, -0.2) is 8.42 Å². The molecule has 0 aromatic rings. The molecule has 0 aromatic carbocycles. The summed E-state index contributed by atoms with van der Waals surface area (Å²) in [5.41, 5.74) is 5.11. The summed E-state index contributed by atoms with van der Waals surface area (Å²) in [6.45, 7) is 1.64. The van der Waals surface area contributed by atoms with E-state index in [1.54, 1.807) is 0 Å². The minimum Gasteiger partial charge on any atom is -0.369 e. The molecule has 1 amide bonds. The maximum absolute atomic E-state index is 12.0. The molecule has 0 spiro atoms. The molecule has 0 aliphatic heterocycles. The third-order valence-electron chi connectivity index (χ3n) is 2.86. The molecule has 1 aliphatic rings. The van der Waals surface area contributed by atoms with Crippen LogP contribution in [0.25, 0.3) is 0 Å². The van der Waals surface area contributed by atoms with Crippen molar-refractivity contribution < 1.29 is 13.2 Å². The summed E-state index contributed by atoms with van der Waals surface area (Å²) in [7, 11) is -3.32. The first-order valence-corrected chi connectivity index (χ1v) is 7.36. The van der Waals surface area contributed by atoms with Crippen LogP contribution in [0.15, 0.2) is 0 Å². The van der Waals surface area contributed by atoms with Gasteiger partial charge in [-0.3, -0.25) is 4.79 Å². The Hall–Kier alpha value is -0.620. The zero-order chi connectivity index (χ0) is 12.2. The maximum Gasteiger partial charge on any atom is 0.232 e. The normalized spacial score (nSPS) is 18.1. The van der Waals surface area contributed by atoms with E-state index in [1.807, 2.05) is 6.92 Å². The van der Waals surface area contributed by atoms with E-state index in [2.05, 4.69) is 0 Å². The molecule has 0 saturated heterocycles. The van der Waals surface area contributed by atoms with Gasteiger partial charge in [0.25, 0.3) is 0 Å². The summed E-state index contributed by atoms with van der Waals surface area (Å²) in [4.78, 5) is 10.9. The van der Waals surface area contributed by atoms with Crippen LogP contribution in [0.1, 0.15) is 39.0 Å². The Kier molecular flexibility index (Phi) is 4.73. The van der Waals surface area contributed by atoms with E-state index in [1.165, 1.54) is 4.31 Å². The predicted octanol–water partition coefficient (Wildman–Crippen LogP) is 0.456. The van der Waals surface area contributed by atoms with E-state index in [9.17, 15) is 13.2 Å². The lowest BCUT2D eigenvalue weighted by molar-refractivity contribution is -0.118. The van der Waals surface area contributed by atoms with Crippen LogP contribution >= 0.6 is 0 Å². The average Bonchev–Trinajstić information content (AvgIpc) is 2.66. The van der Waals surface area contributed by atoms with Crippen molar-refractivity contribution in [1.82, 2.24) is 4.31 Å². The summed E-state index contributed by atoms with van der Waals surface area (Å²) in [5.74, 6) is -0.483. The van der Waals surface area contributed by atoms with Crippen LogP contribution in [-0.4, -0.2) is 37.0 Å². The van der Waals surface area contributed by atoms with Gasteiger partial charge in [0.1, 0.15) is 0 Å². The highest BCUT2D eigenvalue weighted by atomic mass is 32.2. The van der Waals surface area contributed by atoms with Crippen LogP contribution in [0.3, 0.4) is 0 Å². The molecule has 0 radical (unpaired) electrons. The second-order valence-electron chi connectivity index (χ2n) is 4.27. The Morgan fingerprint density at radius 1 is 1.38 bits per heavy atom. The number of nitrogens with two attached hydrogens (primary N) is 1. The molecule has 1 fully saturated rings. The lowest BCUT2D eigenvalue weighted by atomic mass is 10.2. The smallest absolute Gasteiger partial charge is 0.232 e. The first kappa shape index (κ1) is 13.4. The highest BCUT2D eigenvalue weighted by molar-refractivity contribution is 7.89. The van der Waals surface area contributed by atoms with Crippen molar-refractivity contribution >= 4 is 15.9 Å². The largest absolute Gasteiger partial charge is 0.369 e.